The molecular weight excluding hydrogens is 336 g/mol. The van der Waals surface area contributed by atoms with Gasteiger partial charge >= 0.3 is 0 Å². The molecule has 0 unspecified atom stereocenters. The van der Waals surface area contributed by atoms with E-state index in [-0.39, 0.29) is 5.41 Å². The van der Waals surface area contributed by atoms with Gasteiger partial charge < -0.3 is 15.4 Å². The summed E-state index contributed by atoms with van der Waals surface area (Å²) in [5.74, 6) is -0.337. The Bertz CT molecular complexity index is 586. The van der Waals surface area contributed by atoms with Crippen molar-refractivity contribution in [3.05, 3.63) is 35.4 Å². The number of benzene rings is 1. The molecule has 1 aliphatic rings. The first-order chi connectivity index (χ1) is 12.6. The maximum atomic E-state index is 13.7. The number of aliphatic imine (C=N–C) groups is 1. The van der Waals surface area contributed by atoms with E-state index in [0.29, 0.717) is 18.5 Å². The molecule has 2 rings (SSSR count). The van der Waals surface area contributed by atoms with Gasteiger partial charge in [0.25, 0.3) is 0 Å². The van der Waals surface area contributed by atoms with Gasteiger partial charge in [-0.2, -0.15) is 0 Å². The number of rotatable bonds is 9. The molecule has 1 saturated carbocycles. The van der Waals surface area contributed by atoms with Crippen LogP contribution in [0.2, 0.25) is 0 Å². The lowest BCUT2D eigenvalue weighted by molar-refractivity contribution is 0.105. The van der Waals surface area contributed by atoms with Crippen LogP contribution in [0.3, 0.4) is 0 Å². The van der Waals surface area contributed by atoms with Crippen LogP contribution in [0.4, 0.5) is 8.78 Å². The SMILES string of the molecule is CCOCCC1(CNC(=NC)NCCc2ccc(F)cc2F)CCCC1. The minimum Gasteiger partial charge on any atom is -0.382 e. The highest BCUT2D eigenvalue weighted by Gasteiger charge is 2.33. The highest BCUT2D eigenvalue weighted by molar-refractivity contribution is 5.79. The molecular formula is C20H31F2N3O. The summed E-state index contributed by atoms with van der Waals surface area (Å²) in [7, 11) is 1.73. The van der Waals surface area contributed by atoms with Crippen molar-refractivity contribution in [3.63, 3.8) is 0 Å². The van der Waals surface area contributed by atoms with Crippen molar-refractivity contribution in [1.82, 2.24) is 10.6 Å². The van der Waals surface area contributed by atoms with E-state index in [0.717, 1.165) is 38.2 Å². The summed E-state index contributed by atoms with van der Waals surface area (Å²) in [6, 6.07) is 3.70. The molecule has 146 valence electrons. The van der Waals surface area contributed by atoms with Gasteiger partial charge in [0.2, 0.25) is 0 Å². The fraction of sp³-hybridized carbons (Fsp3) is 0.650. The normalized spacial score (nSPS) is 16.7. The van der Waals surface area contributed by atoms with Gasteiger partial charge in [-0.3, -0.25) is 4.99 Å². The summed E-state index contributed by atoms with van der Waals surface area (Å²) in [5, 5.41) is 6.63. The van der Waals surface area contributed by atoms with E-state index >= 15 is 0 Å². The zero-order valence-corrected chi connectivity index (χ0v) is 15.9. The van der Waals surface area contributed by atoms with Gasteiger partial charge in [-0.25, -0.2) is 8.78 Å². The van der Waals surface area contributed by atoms with Crippen molar-refractivity contribution >= 4 is 5.96 Å². The lowest BCUT2D eigenvalue weighted by Crippen LogP contribution is -2.44. The zero-order chi connectivity index (χ0) is 18.8. The predicted octanol–water partition coefficient (Wildman–Crippen LogP) is 3.66. The average Bonchev–Trinajstić information content (AvgIpc) is 3.09. The van der Waals surface area contributed by atoms with Gasteiger partial charge in [-0.05, 0) is 49.7 Å². The third kappa shape index (κ3) is 6.24. The van der Waals surface area contributed by atoms with Crippen LogP contribution in [0.5, 0.6) is 0 Å². The average molecular weight is 367 g/mol. The Labute approximate surface area is 155 Å². The quantitative estimate of drug-likeness (QED) is 0.398. The van der Waals surface area contributed by atoms with Gasteiger partial charge in [0.1, 0.15) is 11.6 Å². The summed E-state index contributed by atoms with van der Waals surface area (Å²) in [6.45, 7) is 4.98. The Kier molecular flexibility index (Phi) is 8.29. The third-order valence-corrected chi connectivity index (χ3v) is 5.20. The minimum atomic E-state index is -0.550. The van der Waals surface area contributed by atoms with E-state index in [1.807, 2.05) is 6.92 Å². The molecule has 0 spiro atoms. The van der Waals surface area contributed by atoms with Gasteiger partial charge in [0.15, 0.2) is 5.96 Å². The first-order valence-corrected chi connectivity index (χ1v) is 9.55. The van der Waals surface area contributed by atoms with Gasteiger partial charge in [-0.15, -0.1) is 0 Å². The lowest BCUT2D eigenvalue weighted by Gasteiger charge is -2.30. The number of hydrogen-bond donors (Lipinski definition) is 2. The van der Waals surface area contributed by atoms with E-state index in [2.05, 4.69) is 15.6 Å². The molecule has 26 heavy (non-hydrogen) atoms. The third-order valence-electron chi connectivity index (χ3n) is 5.20. The largest absolute Gasteiger partial charge is 0.382 e. The summed E-state index contributed by atoms with van der Waals surface area (Å²) in [6.07, 6.45) is 6.50. The second-order valence-corrected chi connectivity index (χ2v) is 6.99. The minimum absolute atomic E-state index is 0.274. The van der Waals surface area contributed by atoms with E-state index in [4.69, 9.17) is 4.74 Å². The highest BCUT2D eigenvalue weighted by Crippen LogP contribution is 2.40. The molecule has 6 heteroatoms. The Morgan fingerprint density at radius 3 is 2.65 bits per heavy atom. The van der Waals surface area contributed by atoms with E-state index < -0.39 is 11.6 Å². The lowest BCUT2D eigenvalue weighted by atomic mass is 9.83. The van der Waals surface area contributed by atoms with Crippen molar-refractivity contribution in [2.45, 2.75) is 45.4 Å². The summed E-state index contributed by atoms with van der Waals surface area (Å²) < 4.78 is 32.2. The number of nitrogens with one attached hydrogen (secondary N) is 2. The van der Waals surface area contributed by atoms with Crippen molar-refractivity contribution in [3.8, 4) is 0 Å². The standard InChI is InChI=1S/C20H31F2N3O/c1-3-26-13-11-20(9-4-5-10-20)15-25-19(23-2)24-12-8-16-6-7-17(21)14-18(16)22/h6-7,14H,3-5,8-13,15H2,1-2H3,(H2,23,24,25). The molecule has 2 N–H and O–H groups in total. The second kappa shape index (κ2) is 10.5. The molecule has 1 aromatic carbocycles. The first-order valence-electron chi connectivity index (χ1n) is 9.55. The molecule has 1 aliphatic carbocycles. The molecule has 4 nitrogen and oxygen atoms in total. The van der Waals surface area contributed by atoms with E-state index in [1.54, 1.807) is 7.05 Å². The van der Waals surface area contributed by atoms with Gasteiger partial charge in [0.05, 0.1) is 0 Å². The summed E-state index contributed by atoms with van der Waals surface area (Å²) in [4.78, 5) is 4.25. The Morgan fingerprint density at radius 2 is 2.00 bits per heavy atom. The molecule has 1 fully saturated rings. The monoisotopic (exact) mass is 367 g/mol. The Balaban J connectivity index is 1.79. The number of ether oxygens (including phenoxy) is 1. The molecule has 0 radical (unpaired) electrons. The predicted molar refractivity (Wildman–Crippen MR) is 101 cm³/mol. The van der Waals surface area contributed by atoms with Crippen LogP contribution in [0.15, 0.2) is 23.2 Å². The highest BCUT2D eigenvalue weighted by atomic mass is 19.1. The number of hydrogen-bond acceptors (Lipinski definition) is 2. The van der Waals surface area contributed by atoms with Crippen LogP contribution in [0.25, 0.3) is 0 Å². The van der Waals surface area contributed by atoms with Crippen molar-refractivity contribution in [2.24, 2.45) is 10.4 Å². The number of nitrogens with zero attached hydrogens (tertiary/aromatic N) is 1. The summed E-state index contributed by atoms with van der Waals surface area (Å²) in [5.41, 5.74) is 0.772. The maximum Gasteiger partial charge on any atom is 0.191 e. The van der Waals surface area contributed by atoms with Gasteiger partial charge in [0, 0.05) is 39.4 Å². The molecule has 0 aromatic heterocycles. The van der Waals surface area contributed by atoms with E-state index in [9.17, 15) is 8.78 Å². The van der Waals surface area contributed by atoms with Crippen molar-refractivity contribution < 1.29 is 13.5 Å². The molecule has 0 aliphatic heterocycles. The molecule has 0 atom stereocenters. The van der Waals surface area contributed by atoms with Crippen molar-refractivity contribution in [2.75, 3.05) is 33.4 Å². The van der Waals surface area contributed by atoms with Crippen LogP contribution in [-0.4, -0.2) is 39.3 Å². The molecule has 0 bridgehead atoms. The van der Waals surface area contributed by atoms with Crippen LogP contribution >= 0.6 is 0 Å². The summed E-state index contributed by atoms with van der Waals surface area (Å²) >= 11 is 0. The smallest absolute Gasteiger partial charge is 0.191 e. The fourth-order valence-corrected chi connectivity index (χ4v) is 3.61. The fourth-order valence-electron chi connectivity index (χ4n) is 3.61. The molecule has 0 amide bonds. The topological polar surface area (TPSA) is 45.6 Å². The molecule has 1 aromatic rings. The molecule has 0 saturated heterocycles. The zero-order valence-electron chi connectivity index (χ0n) is 15.9. The van der Waals surface area contributed by atoms with Crippen LogP contribution in [0.1, 0.15) is 44.6 Å². The number of halogens is 2. The first kappa shape index (κ1) is 20.6. The Morgan fingerprint density at radius 1 is 1.23 bits per heavy atom. The van der Waals surface area contributed by atoms with Gasteiger partial charge in [-0.1, -0.05) is 18.9 Å². The van der Waals surface area contributed by atoms with E-state index in [1.165, 1.54) is 37.8 Å². The Hall–Kier alpha value is -1.69. The number of guanidine groups is 1. The van der Waals surface area contributed by atoms with Crippen LogP contribution < -0.4 is 10.6 Å². The van der Waals surface area contributed by atoms with Crippen LogP contribution in [-0.2, 0) is 11.2 Å². The molecule has 0 heterocycles. The van der Waals surface area contributed by atoms with Crippen LogP contribution in [0, 0.1) is 17.0 Å². The van der Waals surface area contributed by atoms with Crippen molar-refractivity contribution in [1.29, 1.82) is 0 Å². The maximum absolute atomic E-state index is 13.7. The second-order valence-electron chi connectivity index (χ2n) is 6.99.